The minimum Gasteiger partial charge on any atom is -0.368 e. The van der Waals surface area contributed by atoms with Crippen LogP contribution in [0.15, 0.2) is 79.0 Å². The number of aromatic nitrogens is 3. The lowest BCUT2D eigenvalue weighted by molar-refractivity contribution is -0.141. The molecule has 158 valence electrons. The SMILES string of the molecule is N.Nc1nc(-c2ccccc2)cc(-c2ccc(Cc3ccnc(C(F)(F)F)c3)cc2)n1. The van der Waals surface area contributed by atoms with Crippen LogP contribution in [-0.2, 0) is 12.6 Å². The third kappa shape index (κ3) is 5.23. The molecule has 0 saturated carbocycles. The van der Waals surface area contributed by atoms with E-state index in [1.54, 1.807) is 6.07 Å². The third-order valence-electron chi connectivity index (χ3n) is 4.59. The summed E-state index contributed by atoms with van der Waals surface area (Å²) in [6, 6.07) is 21.6. The highest BCUT2D eigenvalue weighted by molar-refractivity contribution is 5.69. The molecule has 4 aromatic rings. The predicted octanol–water partition coefficient (Wildman–Crippen LogP) is 5.56. The molecule has 0 radical (unpaired) electrons. The zero-order chi connectivity index (χ0) is 21.1. The van der Waals surface area contributed by atoms with Crippen molar-refractivity contribution in [2.24, 2.45) is 0 Å². The normalized spacial score (nSPS) is 11.1. The first-order chi connectivity index (χ1) is 14.4. The van der Waals surface area contributed by atoms with Crippen molar-refractivity contribution in [3.8, 4) is 22.5 Å². The van der Waals surface area contributed by atoms with Crippen LogP contribution in [0.1, 0.15) is 16.8 Å². The molecule has 5 nitrogen and oxygen atoms in total. The fourth-order valence-electron chi connectivity index (χ4n) is 3.14. The van der Waals surface area contributed by atoms with Crippen LogP contribution in [0.2, 0.25) is 0 Å². The van der Waals surface area contributed by atoms with Crippen LogP contribution in [0.5, 0.6) is 0 Å². The van der Waals surface area contributed by atoms with Gasteiger partial charge in [-0.3, -0.25) is 4.98 Å². The molecule has 0 aliphatic heterocycles. The molecule has 5 N–H and O–H groups in total. The maximum atomic E-state index is 12.9. The first-order valence-electron chi connectivity index (χ1n) is 9.20. The average molecular weight is 423 g/mol. The zero-order valence-corrected chi connectivity index (χ0v) is 16.5. The summed E-state index contributed by atoms with van der Waals surface area (Å²) in [5.74, 6) is 0.173. The summed E-state index contributed by atoms with van der Waals surface area (Å²) in [5.41, 5.74) is 9.60. The highest BCUT2D eigenvalue weighted by Crippen LogP contribution is 2.29. The molecule has 2 heterocycles. The van der Waals surface area contributed by atoms with E-state index in [1.165, 1.54) is 6.20 Å². The summed E-state index contributed by atoms with van der Waals surface area (Å²) in [6.45, 7) is 0. The summed E-state index contributed by atoms with van der Waals surface area (Å²) < 4.78 is 38.6. The molecule has 0 unspecified atom stereocenters. The molecule has 0 saturated heterocycles. The number of nitrogens with two attached hydrogens (primary N) is 1. The topological polar surface area (TPSA) is 99.7 Å². The first-order valence-corrected chi connectivity index (χ1v) is 9.20. The van der Waals surface area contributed by atoms with Gasteiger partial charge in [-0.2, -0.15) is 13.2 Å². The fourth-order valence-corrected chi connectivity index (χ4v) is 3.14. The minimum absolute atomic E-state index is 0. The van der Waals surface area contributed by atoms with E-state index in [2.05, 4.69) is 15.0 Å². The van der Waals surface area contributed by atoms with Crippen molar-refractivity contribution in [3.05, 3.63) is 95.8 Å². The summed E-state index contributed by atoms with van der Waals surface area (Å²) in [6.07, 6.45) is -2.91. The second-order valence-corrected chi connectivity index (χ2v) is 6.78. The van der Waals surface area contributed by atoms with Crippen LogP contribution in [0.4, 0.5) is 19.1 Å². The molecule has 8 heteroatoms. The quantitative estimate of drug-likeness (QED) is 0.448. The number of anilines is 1. The van der Waals surface area contributed by atoms with Gasteiger partial charge >= 0.3 is 6.18 Å². The van der Waals surface area contributed by atoms with Gasteiger partial charge in [0.25, 0.3) is 0 Å². The molecule has 0 atom stereocenters. The monoisotopic (exact) mass is 423 g/mol. The van der Waals surface area contributed by atoms with Gasteiger partial charge in [-0.25, -0.2) is 9.97 Å². The number of halogens is 3. The number of nitrogen functional groups attached to an aromatic ring is 1. The van der Waals surface area contributed by atoms with Gasteiger partial charge in [0.05, 0.1) is 11.4 Å². The van der Waals surface area contributed by atoms with Crippen molar-refractivity contribution in [2.75, 3.05) is 5.73 Å². The van der Waals surface area contributed by atoms with Gasteiger partial charge in [-0.1, -0.05) is 54.6 Å². The lowest BCUT2D eigenvalue weighted by atomic mass is 10.0. The van der Waals surface area contributed by atoms with Gasteiger partial charge in [-0.05, 0) is 35.7 Å². The molecule has 0 bridgehead atoms. The summed E-state index contributed by atoms with van der Waals surface area (Å²) in [7, 11) is 0. The number of hydrogen-bond acceptors (Lipinski definition) is 5. The molecule has 2 aromatic carbocycles. The second kappa shape index (κ2) is 8.93. The third-order valence-corrected chi connectivity index (χ3v) is 4.59. The van der Waals surface area contributed by atoms with Gasteiger partial charge in [0.1, 0.15) is 5.69 Å². The van der Waals surface area contributed by atoms with Crippen LogP contribution < -0.4 is 11.9 Å². The Hall–Kier alpha value is -3.78. The van der Waals surface area contributed by atoms with E-state index >= 15 is 0 Å². The number of pyridine rings is 1. The molecular formula is C23H20F3N5. The Morgan fingerprint density at radius 1 is 0.742 bits per heavy atom. The Morgan fingerprint density at radius 3 is 1.97 bits per heavy atom. The molecule has 0 spiro atoms. The van der Waals surface area contributed by atoms with E-state index in [1.807, 2.05) is 60.7 Å². The summed E-state index contributed by atoms with van der Waals surface area (Å²) >= 11 is 0. The van der Waals surface area contributed by atoms with Crippen molar-refractivity contribution < 1.29 is 13.2 Å². The molecular weight excluding hydrogens is 403 g/mol. The smallest absolute Gasteiger partial charge is 0.368 e. The van der Waals surface area contributed by atoms with E-state index in [0.717, 1.165) is 28.5 Å². The highest BCUT2D eigenvalue weighted by atomic mass is 19.4. The predicted molar refractivity (Wildman–Crippen MR) is 114 cm³/mol. The van der Waals surface area contributed by atoms with Crippen LogP contribution in [0.3, 0.4) is 0 Å². The first kappa shape index (κ1) is 21.9. The Kier molecular flexibility index (Phi) is 6.31. The lowest BCUT2D eigenvalue weighted by Gasteiger charge is -2.09. The van der Waals surface area contributed by atoms with Crippen LogP contribution in [-0.4, -0.2) is 15.0 Å². The van der Waals surface area contributed by atoms with Crippen LogP contribution >= 0.6 is 0 Å². The molecule has 31 heavy (non-hydrogen) atoms. The Bertz CT molecular complexity index is 1160. The van der Waals surface area contributed by atoms with E-state index in [0.29, 0.717) is 17.7 Å². The highest BCUT2D eigenvalue weighted by Gasteiger charge is 2.32. The second-order valence-electron chi connectivity index (χ2n) is 6.78. The van der Waals surface area contributed by atoms with E-state index in [-0.39, 0.29) is 12.1 Å². The van der Waals surface area contributed by atoms with E-state index in [9.17, 15) is 13.2 Å². The van der Waals surface area contributed by atoms with Crippen molar-refractivity contribution in [2.45, 2.75) is 12.6 Å². The molecule has 0 fully saturated rings. The van der Waals surface area contributed by atoms with Gasteiger partial charge in [0.2, 0.25) is 5.95 Å². The molecule has 2 aromatic heterocycles. The van der Waals surface area contributed by atoms with Gasteiger partial charge in [-0.15, -0.1) is 0 Å². The van der Waals surface area contributed by atoms with Crippen molar-refractivity contribution in [1.29, 1.82) is 0 Å². The van der Waals surface area contributed by atoms with Crippen LogP contribution in [0.25, 0.3) is 22.5 Å². The molecule has 4 rings (SSSR count). The van der Waals surface area contributed by atoms with E-state index in [4.69, 9.17) is 5.73 Å². The fraction of sp³-hybridized carbons (Fsp3) is 0.0870. The standard InChI is InChI=1S/C23H17F3N4.H3N/c24-23(25,26)21-13-16(10-11-28-21)12-15-6-8-18(9-7-15)20-14-19(29-22(27)30-20)17-4-2-1-3-5-17;/h1-11,13-14H,12H2,(H2,27,29,30);1H3. The molecule has 0 aliphatic rings. The number of alkyl halides is 3. The van der Waals surface area contributed by atoms with Crippen LogP contribution in [0, 0.1) is 0 Å². The maximum Gasteiger partial charge on any atom is 0.433 e. The summed E-state index contributed by atoms with van der Waals surface area (Å²) in [4.78, 5) is 12.0. The van der Waals surface area contributed by atoms with Crippen molar-refractivity contribution in [1.82, 2.24) is 21.1 Å². The number of nitrogens with zero attached hydrogens (tertiary/aromatic N) is 3. The Labute approximate surface area is 177 Å². The van der Waals surface area contributed by atoms with Crippen molar-refractivity contribution >= 4 is 5.95 Å². The van der Waals surface area contributed by atoms with Gasteiger partial charge in [0, 0.05) is 17.3 Å². The average Bonchev–Trinajstić information content (AvgIpc) is 2.74. The summed E-state index contributed by atoms with van der Waals surface area (Å²) in [5, 5.41) is 0. The molecule has 0 amide bonds. The van der Waals surface area contributed by atoms with Gasteiger partial charge < -0.3 is 11.9 Å². The van der Waals surface area contributed by atoms with Gasteiger partial charge in [0.15, 0.2) is 0 Å². The largest absolute Gasteiger partial charge is 0.433 e. The molecule has 0 aliphatic carbocycles. The van der Waals surface area contributed by atoms with E-state index < -0.39 is 11.9 Å². The minimum atomic E-state index is -4.46. The number of rotatable bonds is 4. The zero-order valence-electron chi connectivity index (χ0n) is 16.5. The number of hydrogen-bond donors (Lipinski definition) is 2. The lowest BCUT2D eigenvalue weighted by Crippen LogP contribution is -2.08. The maximum absolute atomic E-state index is 12.9. The number of benzene rings is 2. The van der Waals surface area contributed by atoms with Crippen molar-refractivity contribution in [3.63, 3.8) is 0 Å². The Balaban J connectivity index is 0.00000272. The Morgan fingerprint density at radius 2 is 1.35 bits per heavy atom.